The summed E-state index contributed by atoms with van der Waals surface area (Å²) in [6, 6.07) is 3.94. The molecule has 0 aliphatic carbocycles. The molecule has 0 aliphatic rings. The number of hydrogen-bond acceptors (Lipinski definition) is 3. The van der Waals surface area contributed by atoms with Gasteiger partial charge >= 0.3 is 0 Å². The van der Waals surface area contributed by atoms with Crippen LogP contribution in [0.4, 0.5) is 5.82 Å². The van der Waals surface area contributed by atoms with Gasteiger partial charge in [0, 0.05) is 6.54 Å². The second kappa shape index (κ2) is 7.33. The first kappa shape index (κ1) is 12.9. The minimum absolute atomic E-state index is 0.455. The van der Waals surface area contributed by atoms with Gasteiger partial charge in [-0.1, -0.05) is 33.3 Å². The topological polar surface area (TPSA) is 64.9 Å². The van der Waals surface area contributed by atoms with Crippen LogP contribution >= 0.6 is 0 Å². The molecule has 1 aromatic heterocycles. The van der Waals surface area contributed by atoms with Crippen molar-refractivity contribution in [2.24, 2.45) is 5.73 Å². The van der Waals surface area contributed by atoms with E-state index in [2.05, 4.69) is 11.9 Å². The zero-order valence-corrected chi connectivity index (χ0v) is 9.38. The van der Waals surface area contributed by atoms with Crippen LogP contribution in [-0.2, 0) is 13.0 Å². The molecule has 1 rings (SSSR count). The van der Waals surface area contributed by atoms with Crippen LogP contribution < -0.4 is 11.5 Å². The van der Waals surface area contributed by atoms with E-state index in [0.717, 1.165) is 24.1 Å². The first-order valence-corrected chi connectivity index (χ1v) is 5.22. The largest absolute Gasteiger partial charge is 0.383 e. The highest BCUT2D eigenvalue weighted by atomic mass is 14.9. The van der Waals surface area contributed by atoms with Crippen molar-refractivity contribution in [2.75, 3.05) is 5.73 Å². The van der Waals surface area contributed by atoms with E-state index in [-0.39, 0.29) is 0 Å². The van der Waals surface area contributed by atoms with Crippen LogP contribution in [0.2, 0.25) is 0 Å². The molecule has 80 valence electrons. The van der Waals surface area contributed by atoms with E-state index in [9.17, 15) is 0 Å². The Morgan fingerprint density at radius 1 is 1.29 bits per heavy atom. The molecule has 0 aromatic carbocycles. The maximum absolute atomic E-state index is 5.72. The molecule has 0 aliphatic heterocycles. The van der Waals surface area contributed by atoms with Gasteiger partial charge < -0.3 is 11.5 Å². The van der Waals surface area contributed by atoms with Crippen LogP contribution in [0, 0.1) is 0 Å². The van der Waals surface area contributed by atoms with Crippen molar-refractivity contribution >= 4 is 5.82 Å². The molecule has 0 unspecified atom stereocenters. The number of nitrogens with zero attached hydrogens (tertiary/aromatic N) is 1. The number of nitrogen functional groups attached to an aromatic ring is 1. The second-order valence-corrected chi connectivity index (χ2v) is 2.80. The molecule has 1 aromatic rings. The van der Waals surface area contributed by atoms with Crippen LogP contribution in [0.25, 0.3) is 0 Å². The lowest BCUT2D eigenvalue weighted by atomic mass is 10.1. The van der Waals surface area contributed by atoms with Crippen LogP contribution in [0.3, 0.4) is 0 Å². The normalized spacial score (nSPS) is 9.14. The van der Waals surface area contributed by atoms with E-state index >= 15 is 0 Å². The second-order valence-electron chi connectivity index (χ2n) is 2.80. The van der Waals surface area contributed by atoms with Gasteiger partial charge in [-0.2, -0.15) is 0 Å². The number of nitrogens with two attached hydrogens (primary N) is 2. The number of pyridine rings is 1. The van der Waals surface area contributed by atoms with Crippen molar-refractivity contribution in [3.05, 3.63) is 23.4 Å². The summed E-state index contributed by atoms with van der Waals surface area (Å²) in [4.78, 5) is 4.16. The van der Waals surface area contributed by atoms with Gasteiger partial charge in [0.05, 0.1) is 5.69 Å². The highest BCUT2D eigenvalue weighted by Crippen LogP contribution is 2.11. The predicted molar refractivity (Wildman–Crippen MR) is 61.9 cm³/mol. The average Bonchev–Trinajstić information content (AvgIpc) is 2.24. The summed E-state index contributed by atoms with van der Waals surface area (Å²) in [5.41, 5.74) is 13.1. The summed E-state index contributed by atoms with van der Waals surface area (Å²) < 4.78 is 0. The third kappa shape index (κ3) is 3.75. The monoisotopic (exact) mass is 195 g/mol. The molecule has 4 N–H and O–H groups in total. The lowest BCUT2D eigenvalue weighted by Crippen LogP contribution is -2.04. The Balaban J connectivity index is 0.000000791. The van der Waals surface area contributed by atoms with Gasteiger partial charge in [-0.05, 0) is 18.1 Å². The molecule has 0 spiro atoms. The standard InChI is InChI=1S/C9H15N3.C2H6/c1-2-3-7-4-5-8(6-10)12-9(7)11;1-2/h4-5H,2-3,6,10H2,1H3,(H2,11,12);1-2H3. The SMILES string of the molecule is CC.CCCc1ccc(CN)nc1N. The van der Waals surface area contributed by atoms with Gasteiger partial charge in [-0.3, -0.25) is 0 Å². The summed E-state index contributed by atoms with van der Waals surface area (Å²) in [5.74, 6) is 0.625. The number of aromatic nitrogens is 1. The van der Waals surface area contributed by atoms with E-state index in [0.29, 0.717) is 12.4 Å². The number of hydrogen-bond donors (Lipinski definition) is 2. The molecule has 14 heavy (non-hydrogen) atoms. The maximum atomic E-state index is 5.72. The molecule has 1 heterocycles. The summed E-state index contributed by atoms with van der Waals surface area (Å²) >= 11 is 0. The van der Waals surface area contributed by atoms with Crippen molar-refractivity contribution in [1.29, 1.82) is 0 Å². The van der Waals surface area contributed by atoms with E-state index < -0.39 is 0 Å². The van der Waals surface area contributed by atoms with Gasteiger partial charge in [0.25, 0.3) is 0 Å². The van der Waals surface area contributed by atoms with Crippen molar-refractivity contribution in [1.82, 2.24) is 4.98 Å². The summed E-state index contributed by atoms with van der Waals surface area (Å²) in [7, 11) is 0. The minimum Gasteiger partial charge on any atom is -0.383 e. The Hall–Kier alpha value is -1.09. The van der Waals surface area contributed by atoms with E-state index in [1.165, 1.54) is 0 Å². The van der Waals surface area contributed by atoms with Gasteiger partial charge in [-0.15, -0.1) is 0 Å². The number of anilines is 1. The molecule has 0 saturated carbocycles. The molecular weight excluding hydrogens is 174 g/mol. The Bertz CT molecular complexity index is 259. The van der Waals surface area contributed by atoms with E-state index in [1.54, 1.807) is 0 Å². The third-order valence-corrected chi connectivity index (χ3v) is 1.80. The van der Waals surface area contributed by atoms with Gasteiger partial charge in [-0.25, -0.2) is 4.98 Å². The van der Waals surface area contributed by atoms with E-state index in [4.69, 9.17) is 11.5 Å². The Morgan fingerprint density at radius 2 is 1.93 bits per heavy atom. The Labute approximate surface area is 86.5 Å². The van der Waals surface area contributed by atoms with Crippen molar-refractivity contribution < 1.29 is 0 Å². The highest BCUT2D eigenvalue weighted by Gasteiger charge is 1.99. The Kier molecular flexibility index (Phi) is 6.76. The molecule has 0 atom stereocenters. The van der Waals surface area contributed by atoms with Crippen molar-refractivity contribution in [3.8, 4) is 0 Å². The van der Waals surface area contributed by atoms with Crippen molar-refractivity contribution in [3.63, 3.8) is 0 Å². The third-order valence-electron chi connectivity index (χ3n) is 1.80. The molecular formula is C11H21N3. The molecule has 3 nitrogen and oxygen atoms in total. The van der Waals surface area contributed by atoms with Crippen molar-refractivity contribution in [2.45, 2.75) is 40.2 Å². The molecule has 0 fully saturated rings. The fourth-order valence-corrected chi connectivity index (χ4v) is 1.14. The minimum atomic E-state index is 0.455. The fraction of sp³-hybridized carbons (Fsp3) is 0.545. The zero-order valence-electron chi connectivity index (χ0n) is 9.38. The lowest BCUT2D eigenvalue weighted by Gasteiger charge is -2.04. The van der Waals surface area contributed by atoms with Crippen LogP contribution in [-0.4, -0.2) is 4.98 Å². The zero-order chi connectivity index (χ0) is 11.0. The average molecular weight is 195 g/mol. The summed E-state index contributed by atoms with van der Waals surface area (Å²) in [6.07, 6.45) is 2.08. The fourth-order valence-electron chi connectivity index (χ4n) is 1.14. The smallest absolute Gasteiger partial charge is 0.126 e. The van der Waals surface area contributed by atoms with Gasteiger partial charge in [0.2, 0.25) is 0 Å². The van der Waals surface area contributed by atoms with Gasteiger partial charge in [0.1, 0.15) is 5.82 Å². The summed E-state index contributed by atoms with van der Waals surface area (Å²) in [5, 5.41) is 0. The molecule has 0 radical (unpaired) electrons. The first-order valence-electron chi connectivity index (χ1n) is 5.22. The first-order chi connectivity index (χ1) is 6.77. The van der Waals surface area contributed by atoms with Gasteiger partial charge in [0.15, 0.2) is 0 Å². The van der Waals surface area contributed by atoms with Crippen LogP contribution in [0.1, 0.15) is 38.4 Å². The molecule has 0 bridgehead atoms. The number of aryl methyl sites for hydroxylation is 1. The lowest BCUT2D eigenvalue weighted by molar-refractivity contribution is 0.905. The predicted octanol–water partition coefficient (Wildman–Crippen LogP) is 2.10. The van der Waals surface area contributed by atoms with E-state index in [1.807, 2.05) is 26.0 Å². The molecule has 0 saturated heterocycles. The quantitative estimate of drug-likeness (QED) is 0.776. The van der Waals surface area contributed by atoms with Crippen LogP contribution in [0.5, 0.6) is 0 Å². The maximum Gasteiger partial charge on any atom is 0.126 e. The summed E-state index contributed by atoms with van der Waals surface area (Å²) in [6.45, 7) is 6.58. The Morgan fingerprint density at radius 3 is 2.36 bits per heavy atom. The highest BCUT2D eigenvalue weighted by molar-refractivity contribution is 5.40. The van der Waals surface area contributed by atoms with Crippen LogP contribution in [0.15, 0.2) is 12.1 Å². The molecule has 0 amide bonds. The number of rotatable bonds is 3. The molecule has 3 heteroatoms.